The van der Waals surface area contributed by atoms with Gasteiger partial charge in [0.1, 0.15) is 0 Å². The molecular weight excluding hydrogens is 460 g/mol. The average molecular weight is 495 g/mol. The zero-order valence-corrected chi connectivity index (χ0v) is 20.9. The van der Waals surface area contributed by atoms with E-state index in [0.717, 1.165) is 31.4 Å². The third-order valence-corrected chi connectivity index (χ3v) is 11.0. The fraction of sp³-hybridized carbons (Fsp3) is 0.583. The van der Waals surface area contributed by atoms with Gasteiger partial charge >= 0.3 is 0 Å². The molecule has 2 aliphatic rings. The van der Waals surface area contributed by atoms with Crippen molar-refractivity contribution < 1.29 is 21.6 Å². The van der Waals surface area contributed by atoms with E-state index in [-0.39, 0.29) is 29.7 Å². The zero-order chi connectivity index (χ0) is 23.5. The molecule has 4 rings (SSSR count). The van der Waals surface area contributed by atoms with Crippen molar-refractivity contribution in [2.75, 3.05) is 51.7 Å². The van der Waals surface area contributed by atoms with Crippen LogP contribution in [-0.4, -0.2) is 83.0 Å². The molecule has 0 aromatic heterocycles. The molecule has 2 aromatic rings. The maximum atomic E-state index is 13.6. The first-order valence-electron chi connectivity index (χ1n) is 11.8. The normalized spacial score (nSPS) is 23.3. The van der Waals surface area contributed by atoms with E-state index in [1.54, 1.807) is 12.1 Å². The summed E-state index contributed by atoms with van der Waals surface area (Å²) < 4.78 is 60.6. The minimum Gasteiger partial charge on any atom is -0.379 e. The van der Waals surface area contributed by atoms with Crippen molar-refractivity contribution in [3.63, 3.8) is 0 Å². The van der Waals surface area contributed by atoms with Crippen molar-refractivity contribution in [1.82, 2.24) is 9.21 Å². The molecule has 2 fully saturated rings. The number of ether oxygens (including phenoxy) is 1. The Morgan fingerprint density at radius 1 is 0.970 bits per heavy atom. The Balaban J connectivity index is 1.51. The van der Waals surface area contributed by atoms with E-state index in [2.05, 4.69) is 4.90 Å². The zero-order valence-electron chi connectivity index (χ0n) is 19.2. The Labute approximate surface area is 197 Å². The number of rotatable bonds is 9. The number of hydrogen-bond acceptors (Lipinski definition) is 6. The third-order valence-electron chi connectivity index (χ3n) is 6.84. The number of sulfone groups is 1. The monoisotopic (exact) mass is 494 g/mol. The van der Waals surface area contributed by atoms with Crippen LogP contribution in [-0.2, 0) is 24.6 Å². The van der Waals surface area contributed by atoms with Crippen LogP contribution in [0, 0.1) is 5.92 Å². The number of morpholine rings is 1. The van der Waals surface area contributed by atoms with Crippen LogP contribution in [0.4, 0.5) is 0 Å². The van der Waals surface area contributed by atoms with Crippen molar-refractivity contribution >= 4 is 30.6 Å². The standard InChI is InChI=1S/C24H34N2O5S2/c1-2-7-21-18-26(33(29,30)23-11-5-9-20-8-3-4-10-22(20)23)19-24(21)32(27,28)17-6-12-25-13-15-31-16-14-25/h3-5,8-11,21,24H,2,6-7,12-19H2,1H3/t21-,24?/m1/s1. The van der Waals surface area contributed by atoms with Gasteiger partial charge in [0.2, 0.25) is 10.0 Å². The average Bonchev–Trinajstić information content (AvgIpc) is 3.25. The Bertz CT molecular complexity index is 1160. The highest BCUT2D eigenvalue weighted by Gasteiger charge is 2.45. The molecule has 2 aromatic carbocycles. The van der Waals surface area contributed by atoms with Crippen molar-refractivity contribution in [2.24, 2.45) is 5.92 Å². The fourth-order valence-corrected chi connectivity index (χ4v) is 8.96. The minimum atomic E-state index is -3.80. The Hall–Kier alpha value is -1.52. The molecule has 0 radical (unpaired) electrons. The van der Waals surface area contributed by atoms with Gasteiger partial charge in [0.15, 0.2) is 9.84 Å². The van der Waals surface area contributed by atoms with Crippen LogP contribution in [0.1, 0.15) is 26.2 Å². The van der Waals surface area contributed by atoms with Gasteiger partial charge in [0.05, 0.1) is 29.1 Å². The van der Waals surface area contributed by atoms with E-state index in [0.29, 0.717) is 31.4 Å². The van der Waals surface area contributed by atoms with Crippen LogP contribution in [0.25, 0.3) is 10.8 Å². The van der Waals surface area contributed by atoms with E-state index >= 15 is 0 Å². The minimum absolute atomic E-state index is 0.0378. The number of nitrogens with zero attached hydrogens (tertiary/aromatic N) is 2. The summed E-state index contributed by atoms with van der Waals surface area (Å²) in [6.45, 7) is 6.08. The van der Waals surface area contributed by atoms with Crippen LogP contribution in [0.2, 0.25) is 0 Å². The van der Waals surface area contributed by atoms with Gasteiger partial charge in [-0.25, -0.2) is 16.8 Å². The first-order valence-corrected chi connectivity index (χ1v) is 15.0. The van der Waals surface area contributed by atoms with Crippen molar-refractivity contribution in [3.05, 3.63) is 42.5 Å². The highest BCUT2D eigenvalue weighted by Crippen LogP contribution is 2.34. The molecule has 2 heterocycles. The van der Waals surface area contributed by atoms with Gasteiger partial charge in [-0.2, -0.15) is 4.31 Å². The second-order valence-corrected chi connectivity index (χ2v) is 13.3. The number of fused-ring (bicyclic) bond motifs is 1. The summed E-state index contributed by atoms with van der Waals surface area (Å²) >= 11 is 0. The van der Waals surface area contributed by atoms with E-state index < -0.39 is 25.1 Å². The molecule has 1 unspecified atom stereocenters. The lowest BCUT2D eigenvalue weighted by molar-refractivity contribution is 0.0381. The second-order valence-electron chi connectivity index (χ2n) is 9.06. The van der Waals surface area contributed by atoms with Crippen LogP contribution in [0.15, 0.2) is 47.4 Å². The lowest BCUT2D eigenvalue weighted by Gasteiger charge is -2.26. The van der Waals surface area contributed by atoms with Crippen LogP contribution in [0.5, 0.6) is 0 Å². The summed E-state index contributed by atoms with van der Waals surface area (Å²) in [5, 5.41) is 0.880. The Morgan fingerprint density at radius 2 is 1.70 bits per heavy atom. The highest BCUT2D eigenvalue weighted by atomic mass is 32.2. The summed E-state index contributed by atoms with van der Waals surface area (Å²) in [6, 6.07) is 12.7. The quantitative estimate of drug-likeness (QED) is 0.533. The third kappa shape index (κ3) is 5.43. The molecule has 0 N–H and O–H groups in total. The van der Waals surface area contributed by atoms with Crippen LogP contribution >= 0.6 is 0 Å². The Kier molecular flexibility index (Phi) is 7.75. The lowest BCUT2D eigenvalue weighted by Crippen LogP contribution is -2.38. The molecule has 0 amide bonds. The number of sulfonamides is 1. The van der Waals surface area contributed by atoms with Gasteiger partial charge in [0.25, 0.3) is 0 Å². The molecule has 0 aliphatic carbocycles. The molecular formula is C24H34N2O5S2. The molecule has 0 spiro atoms. The SMILES string of the molecule is CCC[C@@H]1CN(S(=O)(=O)c2cccc3ccccc23)CC1S(=O)(=O)CCCN1CCOCC1. The fourth-order valence-electron chi connectivity index (χ4n) is 5.08. The highest BCUT2D eigenvalue weighted by molar-refractivity contribution is 7.92. The molecule has 2 aliphatic heterocycles. The summed E-state index contributed by atoms with van der Waals surface area (Å²) in [5.41, 5.74) is 0. The topological polar surface area (TPSA) is 84.0 Å². The smallest absolute Gasteiger partial charge is 0.243 e. The van der Waals surface area contributed by atoms with E-state index in [4.69, 9.17) is 4.74 Å². The van der Waals surface area contributed by atoms with Crippen molar-refractivity contribution in [2.45, 2.75) is 36.3 Å². The number of benzene rings is 2. The summed E-state index contributed by atoms with van der Waals surface area (Å²) in [7, 11) is -7.21. The molecule has 2 atom stereocenters. The van der Waals surface area contributed by atoms with Gasteiger partial charge in [-0.1, -0.05) is 49.7 Å². The first-order chi connectivity index (χ1) is 15.8. The Morgan fingerprint density at radius 3 is 2.45 bits per heavy atom. The maximum Gasteiger partial charge on any atom is 0.243 e. The predicted molar refractivity (Wildman–Crippen MR) is 131 cm³/mol. The van der Waals surface area contributed by atoms with E-state index in [9.17, 15) is 16.8 Å². The van der Waals surface area contributed by atoms with E-state index in [1.165, 1.54) is 4.31 Å². The molecule has 0 saturated carbocycles. The molecule has 2 saturated heterocycles. The largest absolute Gasteiger partial charge is 0.379 e. The van der Waals surface area contributed by atoms with Gasteiger partial charge in [0, 0.05) is 31.6 Å². The summed E-state index contributed by atoms with van der Waals surface area (Å²) in [6.07, 6.45) is 2.09. The van der Waals surface area contributed by atoms with Gasteiger partial charge in [-0.15, -0.1) is 0 Å². The maximum absolute atomic E-state index is 13.6. The van der Waals surface area contributed by atoms with Crippen LogP contribution in [0.3, 0.4) is 0 Å². The molecule has 7 nitrogen and oxygen atoms in total. The molecule has 33 heavy (non-hydrogen) atoms. The van der Waals surface area contributed by atoms with Crippen LogP contribution < -0.4 is 0 Å². The van der Waals surface area contributed by atoms with Gasteiger partial charge in [-0.05, 0) is 36.8 Å². The van der Waals surface area contributed by atoms with E-state index in [1.807, 2.05) is 37.3 Å². The predicted octanol–water partition coefficient (Wildman–Crippen LogP) is 2.77. The van der Waals surface area contributed by atoms with Crippen molar-refractivity contribution in [1.29, 1.82) is 0 Å². The number of hydrogen-bond donors (Lipinski definition) is 0. The lowest BCUT2D eigenvalue weighted by atomic mass is 10.0. The molecule has 182 valence electrons. The summed E-state index contributed by atoms with van der Waals surface area (Å²) in [4.78, 5) is 2.48. The molecule has 9 heteroatoms. The second kappa shape index (κ2) is 10.4. The van der Waals surface area contributed by atoms with Gasteiger partial charge in [-0.3, -0.25) is 4.90 Å². The first kappa shape index (κ1) is 24.6. The summed E-state index contributed by atoms with van der Waals surface area (Å²) in [5.74, 6) is -0.0784. The molecule has 0 bridgehead atoms. The van der Waals surface area contributed by atoms with Crippen molar-refractivity contribution in [3.8, 4) is 0 Å². The van der Waals surface area contributed by atoms with Gasteiger partial charge < -0.3 is 4.74 Å².